The van der Waals surface area contributed by atoms with Crippen LogP contribution in [-0.4, -0.2) is 47.0 Å². The zero-order valence-electron chi connectivity index (χ0n) is 13.6. The van der Waals surface area contributed by atoms with E-state index in [1.165, 1.54) is 0 Å². The predicted octanol–water partition coefficient (Wildman–Crippen LogP) is 2.57. The highest BCUT2D eigenvalue weighted by atomic mass is 16.6. The minimum atomic E-state index is -0.395. The molecule has 0 radical (unpaired) electrons. The Labute approximate surface area is 125 Å². The highest BCUT2D eigenvalue weighted by molar-refractivity contribution is 5.44. The molecule has 0 fully saturated rings. The molecule has 0 amide bonds. The summed E-state index contributed by atoms with van der Waals surface area (Å²) in [6, 6.07) is 0.217. The molecule has 0 aromatic carbocycles. The van der Waals surface area contributed by atoms with Crippen LogP contribution in [0.3, 0.4) is 0 Å². The largest absolute Gasteiger partial charge is 0.462 e. The number of nitro groups is 1. The zero-order chi connectivity index (χ0) is 16.2. The van der Waals surface area contributed by atoms with Crippen molar-refractivity contribution >= 4 is 5.69 Å². The van der Waals surface area contributed by atoms with E-state index in [4.69, 9.17) is 4.74 Å². The van der Waals surface area contributed by atoms with Crippen molar-refractivity contribution in [2.75, 3.05) is 27.2 Å². The fraction of sp³-hybridized carbons (Fsp3) is 0.714. The Hall–Kier alpha value is -1.76. The van der Waals surface area contributed by atoms with Crippen molar-refractivity contribution < 1.29 is 9.66 Å². The van der Waals surface area contributed by atoms with Gasteiger partial charge in [-0.2, -0.15) is 9.97 Å². The smallest absolute Gasteiger partial charge is 0.317 e. The van der Waals surface area contributed by atoms with Gasteiger partial charge in [0.1, 0.15) is 18.0 Å². The van der Waals surface area contributed by atoms with Crippen LogP contribution < -0.4 is 4.74 Å². The van der Waals surface area contributed by atoms with Gasteiger partial charge in [0.2, 0.25) is 0 Å². The average molecular weight is 296 g/mol. The summed E-state index contributed by atoms with van der Waals surface area (Å²) in [6.45, 7) is 8.69. The monoisotopic (exact) mass is 296 g/mol. The normalized spacial score (nSPS) is 11.5. The van der Waals surface area contributed by atoms with E-state index in [-0.39, 0.29) is 23.5 Å². The number of rotatable bonds is 7. The zero-order valence-corrected chi connectivity index (χ0v) is 13.6. The van der Waals surface area contributed by atoms with Crippen LogP contribution in [0.5, 0.6) is 6.01 Å². The van der Waals surface area contributed by atoms with Gasteiger partial charge in [0.05, 0.1) is 4.92 Å². The van der Waals surface area contributed by atoms with E-state index in [0.29, 0.717) is 18.0 Å². The van der Waals surface area contributed by atoms with Gasteiger partial charge in [-0.25, -0.2) is 0 Å². The Balaban J connectivity index is 3.21. The van der Waals surface area contributed by atoms with E-state index in [0.717, 1.165) is 6.54 Å². The van der Waals surface area contributed by atoms with Crippen LogP contribution in [0.15, 0.2) is 0 Å². The second-order valence-electron chi connectivity index (χ2n) is 5.84. The molecule has 21 heavy (non-hydrogen) atoms. The van der Waals surface area contributed by atoms with Crippen LogP contribution in [0, 0.1) is 10.1 Å². The summed E-state index contributed by atoms with van der Waals surface area (Å²) < 4.78 is 5.55. The van der Waals surface area contributed by atoms with Crippen LogP contribution in [0.4, 0.5) is 5.69 Å². The number of hydrogen-bond donors (Lipinski definition) is 0. The Bertz CT molecular complexity index is 472. The molecule has 7 nitrogen and oxygen atoms in total. The van der Waals surface area contributed by atoms with Gasteiger partial charge in [0.25, 0.3) is 0 Å². The third kappa shape index (κ3) is 4.63. The molecule has 1 aromatic heterocycles. The molecule has 0 unspecified atom stereocenters. The summed E-state index contributed by atoms with van der Waals surface area (Å²) in [6.07, 6.45) is 0. The van der Waals surface area contributed by atoms with Crippen molar-refractivity contribution in [2.45, 2.75) is 39.5 Å². The lowest BCUT2D eigenvalue weighted by Crippen LogP contribution is -2.20. The summed E-state index contributed by atoms with van der Waals surface area (Å²) in [5.41, 5.74) is 0.872. The van der Waals surface area contributed by atoms with Crippen molar-refractivity contribution in [1.29, 1.82) is 0 Å². The van der Waals surface area contributed by atoms with Crippen LogP contribution in [0.2, 0.25) is 0 Å². The summed E-state index contributed by atoms with van der Waals surface area (Å²) in [7, 11) is 3.89. The molecule has 0 saturated carbocycles. The maximum Gasteiger partial charge on any atom is 0.317 e. The van der Waals surface area contributed by atoms with Gasteiger partial charge in [0, 0.05) is 18.4 Å². The first-order valence-electron chi connectivity index (χ1n) is 7.07. The van der Waals surface area contributed by atoms with E-state index in [2.05, 4.69) is 9.97 Å². The maximum atomic E-state index is 11.3. The van der Waals surface area contributed by atoms with Gasteiger partial charge in [-0.3, -0.25) is 10.1 Å². The Morgan fingerprint density at radius 2 is 1.62 bits per heavy atom. The third-order valence-electron chi connectivity index (χ3n) is 2.96. The first-order valence-corrected chi connectivity index (χ1v) is 7.07. The second-order valence-corrected chi connectivity index (χ2v) is 5.84. The van der Waals surface area contributed by atoms with Gasteiger partial charge in [-0.1, -0.05) is 27.7 Å². The lowest BCUT2D eigenvalue weighted by atomic mass is 10.0. The maximum absolute atomic E-state index is 11.3. The second kappa shape index (κ2) is 7.31. The minimum absolute atomic E-state index is 0.0139. The molecule has 1 rings (SSSR count). The molecule has 0 aliphatic heterocycles. The molecule has 0 aliphatic rings. The Kier molecular flexibility index (Phi) is 6.02. The lowest BCUT2D eigenvalue weighted by molar-refractivity contribution is -0.387. The van der Waals surface area contributed by atoms with Crippen molar-refractivity contribution in [2.24, 2.45) is 0 Å². The molecule has 0 spiro atoms. The van der Waals surface area contributed by atoms with Crippen molar-refractivity contribution in [3.63, 3.8) is 0 Å². The predicted molar refractivity (Wildman–Crippen MR) is 80.9 cm³/mol. The number of likely N-dealkylation sites (N-methyl/N-ethyl adjacent to an activating group) is 1. The molecular formula is C14H24N4O3. The Morgan fingerprint density at radius 3 is 1.95 bits per heavy atom. The molecule has 0 N–H and O–H groups in total. The van der Waals surface area contributed by atoms with Gasteiger partial charge in [-0.15, -0.1) is 0 Å². The highest BCUT2D eigenvalue weighted by Crippen LogP contribution is 2.33. The van der Waals surface area contributed by atoms with Crippen molar-refractivity contribution in [1.82, 2.24) is 14.9 Å². The van der Waals surface area contributed by atoms with Gasteiger partial charge in [0.15, 0.2) is 0 Å². The third-order valence-corrected chi connectivity index (χ3v) is 2.96. The molecular weight excluding hydrogens is 272 g/mol. The molecule has 1 heterocycles. The van der Waals surface area contributed by atoms with E-state index >= 15 is 0 Å². The van der Waals surface area contributed by atoms with E-state index in [1.807, 2.05) is 46.7 Å². The topological polar surface area (TPSA) is 81.4 Å². The number of aromatic nitrogens is 2. The number of ether oxygens (including phenoxy) is 1. The molecule has 118 valence electrons. The first kappa shape index (κ1) is 17.3. The van der Waals surface area contributed by atoms with Crippen LogP contribution in [-0.2, 0) is 0 Å². The fourth-order valence-corrected chi connectivity index (χ4v) is 1.84. The summed E-state index contributed by atoms with van der Waals surface area (Å²) in [4.78, 5) is 21.4. The summed E-state index contributed by atoms with van der Waals surface area (Å²) in [5.74, 6) is -0.135. The quantitative estimate of drug-likeness (QED) is 0.568. The van der Waals surface area contributed by atoms with Gasteiger partial charge >= 0.3 is 11.7 Å². The molecule has 0 bridgehead atoms. The molecule has 7 heteroatoms. The van der Waals surface area contributed by atoms with Gasteiger partial charge < -0.3 is 9.64 Å². The average Bonchev–Trinajstić information content (AvgIpc) is 2.36. The lowest BCUT2D eigenvalue weighted by Gasteiger charge is -2.14. The molecule has 1 aromatic rings. The van der Waals surface area contributed by atoms with Crippen LogP contribution in [0.1, 0.15) is 50.9 Å². The SMILES string of the molecule is CC(C)c1nc(OCCN(C)C)nc(C(C)C)c1[N+](=O)[O-]. The standard InChI is InChI=1S/C14H24N4O3/c1-9(2)11-13(18(19)20)12(10(3)4)16-14(15-11)21-8-7-17(5)6/h9-10H,7-8H2,1-6H3. The summed E-state index contributed by atoms with van der Waals surface area (Å²) in [5, 5.41) is 11.3. The number of nitrogens with zero attached hydrogens (tertiary/aromatic N) is 4. The van der Waals surface area contributed by atoms with Crippen LogP contribution in [0.25, 0.3) is 0 Å². The van der Waals surface area contributed by atoms with Gasteiger partial charge in [-0.05, 0) is 14.1 Å². The van der Waals surface area contributed by atoms with Crippen molar-refractivity contribution in [3.8, 4) is 6.01 Å². The molecule has 0 aliphatic carbocycles. The summed E-state index contributed by atoms with van der Waals surface area (Å²) >= 11 is 0. The van der Waals surface area contributed by atoms with E-state index in [9.17, 15) is 10.1 Å². The first-order chi connectivity index (χ1) is 9.73. The highest BCUT2D eigenvalue weighted by Gasteiger charge is 2.28. The minimum Gasteiger partial charge on any atom is -0.462 e. The molecule has 0 atom stereocenters. The fourth-order valence-electron chi connectivity index (χ4n) is 1.84. The Morgan fingerprint density at radius 1 is 1.14 bits per heavy atom. The van der Waals surface area contributed by atoms with Crippen LogP contribution >= 0.6 is 0 Å². The van der Waals surface area contributed by atoms with E-state index in [1.54, 1.807) is 0 Å². The van der Waals surface area contributed by atoms with E-state index < -0.39 is 4.92 Å². The molecule has 0 saturated heterocycles. The number of hydrogen-bond acceptors (Lipinski definition) is 6. The van der Waals surface area contributed by atoms with Crippen molar-refractivity contribution in [3.05, 3.63) is 21.5 Å².